The SMILES string of the molecule is CCCC(I)c1cc(NC(=O)Nc2ccc(Oc3cc(NC(=O)COC)ncn3)c3ccccc23)n(-c2ccc(C)cc2)n1. The van der Waals surface area contributed by atoms with Gasteiger partial charge in [0.1, 0.15) is 30.3 Å². The topological polar surface area (TPSA) is 132 Å². The lowest BCUT2D eigenvalue weighted by Crippen LogP contribution is -2.21. The highest BCUT2D eigenvalue weighted by Gasteiger charge is 2.18. The molecular weight excluding hydrogens is 673 g/mol. The number of halogens is 1. The minimum atomic E-state index is -0.406. The number of urea groups is 1. The molecule has 0 radical (unpaired) electrons. The Hall–Kier alpha value is -4.56. The van der Waals surface area contributed by atoms with E-state index < -0.39 is 6.03 Å². The second-order valence-corrected chi connectivity index (χ2v) is 11.5. The van der Waals surface area contributed by atoms with Crippen LogP contribution in [0.25, 0.3) is 16.5 Å². The Morgan fingerprint density at radius 2 is 1.73 bits per heavy atom. The fourth-order valence-corrected chi connectivity index (χ4v) is 5.48. The highest BCUT2D eigenvalue weighted by atomic mass is 127. The highest BCUT2D eigenvalue weighted by molar-refractivity contribution is 14.1. The fourth-order valence-electron chi connectivity index (χ4n) is 4.55. The van der Waals surface area contributed by atoms with Gasteiger partial charge in [-0.1, -0.05) is 77.9 Å². The minimum Gasteiger partial charge on any atom is -0.438 e. The van der Waals surface area contributed by atoms with E-state index in [1.165, 1.54) is 19.5 Å². The molecule has 3 amide bonds. The van der Waals surface area contributed by atoms with Gasteiger partial charge in [0, 0.05) is 30.0 Å². The number of fused-ring (bicyclic) bond motifs is 1. The summed E-state index contributed by atoms with van der Waals surface area (Å²) in [5.41, 5.74) is 3.50. The summed E-state index contributed by atoms with van der Waals surface area (Å²) in [6.07, 6.45) is 3.32. The van der Waals surface area contributed by atoms with Gasteiger partial charge in [-0.3, -0.25) is 10.1 Å². The molecule has 0 aliphatic carbocycles. The Morgan fingerprint density at radius 3 is 2.48 bits per heavy atom. The Morgan fingerprint density at radius 1 is 0.955 bits per heavy atom. The molecule has 0 bridgehead atoms. The third-order valence-corrected chi connectivity index (χ3v) is 7.90. The quantitative estimate of drug-likeness (QED) is 0.0963. The van der Waals surface area contributed by atoms with E-state index in [1.807, 2.05) is 61.5 Å². The molecule has 44 heavy (non-hydrogen) atoms. The summed E-state index contributed by atoms with van der Waals surface area (Å²) in [5, 5.41) is 15.0. The Labute approximate surface area is 268 Å². The van der Waals surface area contributed by atoms with Crippen LogP contribution in [0.4, 0.5) is 22.1 Å². The first-order chi connectivity index (χ1) is 21.3. The second kappa shape index (κ2) is 14.3. The first-order valence-corrected chi connectivity index (χ1v) is 15.3. The molecule has 0 aliphatic rings. The lowest BCUT2D eigenvalue weighted by molar-refractivity contribution is -0.119. The smallest absolute Gasteiger partial charge is 0.324 e. The number of alkyl halides is 1. The molecule has 5 aromatic rings. The number of nitrogens with zero attached hydrogens (tertiary/aromatic N) is 4. The van der Waals surface area contributed by atoms with Crippen molar-refractivity contribution in [2.45, 2.75) is 30.6 Å². The molecule has 1 unspecified atom stereocenters. The largest absolute Gasteiger partial charge is 0.438 e. The first-order valence-electron chi connectivity index (χ1n) is 14.0. The maximum absolute atomic E-state index is 13.4. The van der Waals surface area contributed by atoms with E-state index in [-0.39, 0.29) is 28.1 Å². The zero-order valence-corrected chi connectivity index (χ0v) is 26.7. The van der Waals surface area contributed by atoms with Crippen molar-refractivity contribution in [2.24, 2.45) is 0 Å². The van der Waals surface area contributed by atoms with Gasteiger partial charge in [-0.05, 0) is 37.6 Å². The number of nitrogens with one attached hydrogen (secondary N) is 3. The molecule has 3 aromatic carbocycles. The number of carbonyl (C=O) groups excluding carboxylic acids is 2. The molecule has 0 aliphatic heterocycles. The lowest BCUT2D eigenvalue weighted by atomic mass is 10.1. The number of rotatable bonds is 11. The van der Waals surface area contributed by atoms with Crippen LogP contribution in [0.5, 0.6) is 11.6 Å². The van der Waals surface area contributed by atoms with Gasteiger partial charge in [-0.2, -0.15) is 5.10 Å². The number of carbonyl (C=O) groups is 2. The zero-order valence-electron chi connectivity index (χ0n) is 24.5. The van der Waals surface area contributed by atoms with Crippen molar-refractivity contribution in [1.82, 2.24) is 19.7 Å². The molecule has 1 atom stereocenters. The maximum Gasteiger partial charge on any atom is 0.324 e. The number of ether oxygens (including phenoxy) is 2. The van der Waals surface area contributed by atoms with Crippen LogP contribution in [-0.2, 0) is 9.53 Å². The summed E-state index contributed by atoms with van der Waals surface area (Å²) < 4.78 is 12.9. The highest BCUT2D eigenvalue weighted by Crippen LogP contribution is 2.35. The molecule has 226 valence electrons. The van der Waals surface area contributed by atoms with Gasteiger partial charge >= 0.3 is 6.03 Å². The minimum absolute atomic E-state index is 0.0973. The number of methoxy groups -OCH3 is 1. The molecule has 2 heterocycles. The van der Waals surface area contributed by atoms with Crippen LogP contribution in [0.15, 0.2) is 79.1 Å². The molecule has 11 nitrogen and oxygen atoms in total. The van der Waals surface area contributed by atoms with Crippen LogP contribution in [-0.4, -0.2) is 45.4 Å². The summed E-state index contributed by atoms with van der Waals surface area (Å²) in [5.74, 6) is 1.27. The van der Waals surface area contributed by atoms with E-state index >= 15 is 0 Å². The lowest BCUT2D eigenvalue weighted by Gasteiger charge is -2.14. The average Bonchev–Trinajstić information content (AvgIpc) is 3.43. The van der Waals surface area contributed by atoms with Crippen LogP contribution in [0.2, 0.25) is 0 Å². The molecular formula is C32H32IN7O4. The monoisotopic (exact) mass is 705 g/mol. The van der Waals surface area contributed by atoms with Gasteiger partial charge in [-0.15, -0.1) is 0 Å². The van der Waals surface area contributed by atoms with E-state index in [0.717, 1.165) is 40.6 Å². The van der Waals surface area contributed by atoms with Crippen molar-refractivity contribution in [1.29, 1.82) is 0 Å². The van der Waals surface area contributed by atoms with Crippen molar-refractivity contribution in [3.63, 3.8) is 0 Å². The molecule has 3 N–H and O–H groups in total. The van der Waals surface area contributed by atoms with Gasteiger partial charge in [-0.25, -0.2) is 19.4 Å². The van der Waals surface area contributed by atoms with Crippen molar-refractivity contribution in [2.75, 3.05) is 29.7 Å². The van der Waals surface area contributed by atoms with Crippen molar-refractivity contribution in [3.8, 4) is 17.3 Å². The zero-order chi connectivity index (χ0) is 31.1. The predicted molar refractivity (Wildman–Crippen MR) is 179 cm³/mol. The van der Waals surface area contributed by atoms with Gasteiger partial charge < -0.3 is 20.1 Å². The summed E-state index contributed by atoms with van der Waals surface area (Å²) in [7, 11) is 1.44. The number of aryl methyl sites for hydroxylation is 1. The number of amides is 3. The van der Waals surface area contributed by atoms with Crippen molar-refractivity contribution >= 4 is 62.6 Å². The van der Waals surface area contributed by atoms with Crippen LogP contribution in [0.3, 0.4) is 0 Å². The number of benzene rings is 3. The van der Waals surface area contributed by atoms with Gasteiger partial charge in [0.25, 0.3) is 5.91 Å². The van der Waals surface area contributed by atoms with Crippen LogP contribution in [0.1, 0.15) is 34.9 Å². The number of hydrogen-bond donors (Lipinski definition) is 3. The second-order valence-electron chi connectivity index (χ2n) is 10.0. The summed E-state index contributed by atoms with van der Waals surface area (Å²) in [6.45, 7) is 4.08. The number of hydrogen-bond acceptors (Lipinski definition) is 7. The summed E-state index contributed by atoms with van der Waals surface area (Å²) in [6, 6.07) is 22.1. The Balaban J connectivity index is 1.37. The third-order valence-electron chi connectivity index (χ3n) is 6.64. The third kappa shape index (κ3) is 7.50. The normalized spacial score (nSPS) is 11.6. The fraction of sp³-hybridized carbons (Fsp3) is 0.219. The molecule has 0 fully saturated rings. The average molecular weight is 706 g/mol. The van der Waals surface area contributed by atoms with Crippen molar-refractivity contribution in [3.05, 3.63) is 90.4 Å². The Kier molecular flexibility index (Phi) is 10.0. The standard InChI is InChI=1S/C32H32IN7O4/c1-4-7-24(33)26-16-29(40(39-26)21-12-10-20(2)11-13-21)38-32(42)36-25-14-15-27(23-9-6-5-8-22(23)25)44-31-17-28(34-19-35-31)37-30(41)18-43-3/h5-6,8-17,19,24H,4,7,18H2,1-3H3,(H2,36,38,42)(H,34,35,37,41). The Bertz CT molecular complexity index is 1770. The van der Waals surface area contributed by atoms with E-state index in [0.29, 0.717) is 17.3 Å². The van der Waals surface area contributed by atoms with Gasteiger partial charge in [0.2, 0.25) is 5.88 Å². The van der Waals surface area contributed by atoms with Crippen molar-refractivity contribution < 1.29 is 19.1 Å². The van der Waals surface area contributed by atoms with Crippen LogP contribution in [0, 0.1) is 6.92 Å². The summed E-state index contributed by atoms with van der Waals surface area (Å²) >= 11 is 2.40. The van der Waals surface area contributed by atoms with Crippen LogP contribution >= 0.6 is 22.6 Å². The van der Waals surface area contributed by atoms with Crippen LogP contribution < -0.4 is 20.7 Å². The number of aromatic nitrogens is 4. The van der Waals surface area contributed by atoms with E-state index in [2.05, 4.69) is 55.4 Å². The van der Waals surface area contributed by atoms with E-state index in [1.54, 1.807) is 16.8 Å². The molecule has 0 saturated carbocycles. The predicted octanol–water partition coefficient (Wildman–Crippen LogP) is 7.42. The molecule has 0 spiro atoms. The van der Waals surface area contributed by atoms with E-state index in [9.17, 15) is 9.59 Å². The number of anilines is 3. The molecule has 12 heteroatoms. The summed E-state index contributed by atoms with van der Waals surface area (Å²) in [4.78, 5) is 33.5. The first kappa shape index (κ1) is 30.9. The molecule has 2 aromatic heterocycles. The molecule has 5 rings (SSSR count). The van der Waals surface area contributed by atoms with Gasteiger partial charge in [0.05, 0.1) is 21.0 Å². The maximum atomic E-state index is 13.4. The molecule has 0 saturated heterocycles. The van der Waals surface area contributed by atoms with Gasteiger partial charge in [0.15, 0.2) is 0 Å². The van der Waals surface area contributed by atoms with E-state index in [4.69, 9.17) is 14.6 Å².